The molecule has 1 aliphatic carbocycles. The van der Waals surface area contributed by atoms with E-state index in [9.17, 15) is 18.0 Å². The number of esters is 1. The first-order chi connectivity index (χ1) is 13.4. The summed E-state index contributed by atoms with van der Waals surface area (Å²) in [6, 6.07) is 13.3. The molecule has 0 aromatic heterocycles. The molecule has 2 aromatic rings. The second kappa shape index (κ2) is 7.39. The molecule has 1 fully saturated rings. The van der Waals surface area contributed by atoms with E-state index in [0.717, 1.165) is 18.4 Å². The molecule has 0 radical (unpaired) electrons. The zero-order valence-electron chi connectivity index (χ0n) is 15.3. The largest absolute Gasteiger partial charge is 0.448 e. The molecule has 28 heavy (non-hydrogen) atoms. The number of carbonyl (C=O) groups excluding carboxylic acids is 2. The van der Waals surface area contributed by atoms with Gasteiger partial charge in [0.15, 0.2) is 15.9 Å². The number of anilines is 1. The van der Waals surface area contributed by atoms with E-state index in [-0.39, 0.29) is 16.6 Å². The number of sulfone groups is 1. The summed E-state index contributed by atoms with van der Waals surface area (Å²) in [6.07, 6.45) is 2.54. The minimum absolute atomic E-state index is 0.211. The van der Waals surface area contributed by atoms with Crippen molar-refractivity contribution >= 4 is 27.4 Å². The summed E-state index contributed by atoms with van der Waals surface area (Å²) in [5.74, 6) is -1.00. The Morgan fingerprint density at radius 2 is 1.79 bits per heavy atom. The maximum absolute atomic E-state index is 12.8. The van der Waals surface area contributed by atoms with E-state index >= 15 is 0 Å². The smallest absolute Gasteiger partial charge is 0.339 e. The molecule has 2 aliphatic rings. The lowest BCUT2D eigenvalue weighted by molar-refractivity contribution is -0.125. The Labute approximate surface area is 163 Å². The summed E-state index contributed by atoms with van der Waals surface area (Å²) in [7, 11) is -3.41. The summed E-state index contributed by atoms with van der Waals surface area (Å²) >= 11 is 0. The van der Waals surface area contributed by atoms with Crippen LogP contribution in [-0.4, -0.2) is 31.6 Å². The molecule has 7 heteroatoms. The molecule has 0 bridgehead atoms. The first-order valence-corrected chi connectivity index (χ1v) is 10.9. The second-order valence-electron chi connectivity index (χ2n) is 7.22. The van der Waals surface area contributed by atoms with Gasteiger partial charge >= 0.3 is 5.97 Å². The number of nitrogens with one attached hydrogen (secondary N) is 1. The highest BCUT2D eigenvalue weighted by molar-refractivity contribution is 7.92. The molecule has 1 atom stereocenters. The Kier molecular flexibility index (Phi) is 4.93. The first-order valence-electron chi connectivity index (χ1n) is 9.39. The van der Waals surface area contributed by atoms with Gasteiger partial charge in [-0.2, -0.15) is 0 Å². The van der Waals surface area contributed by atoms with Crippen LogP contribution in [0.25, 0.3) is 0 Å². The van der Waals surface area contributed by atoms with E-state index in [1.807, 2.05) is 6.07 Å². The predicted molar refractivity (Wildman–Crippen MR) is 104 cm³/mol. The fourth-order valence-corrected chi connectivity index (χ4v) is 5.74. The summed E-state index contributed by atoms with van der Waals surface area (Å²) in [4.78, 5) is 24.9. The van der Waals surface area contributed by atoms with E-state index in [4.69, 9.17) is 4.74 Å². The third-order valence-electron chi connectivity index (χ3n) is 5.36. The second-order valence-corrected chi connectivity index (χ2v) is 9.45. The summed E-state index contributed by atoms with van der Waals surface area (Å²) < 4.78 is 30.8. The van der Waals surface area contributed by atoms with Gasteiger partial charge in [0.05, 0.1) is 15.7 Å². The van der Waals surface area contributed by atoms with Crippen molar-refractivity contribution in [1.29, 1.82) is 0 Å². The number of cyclic esters (lactones) is 1. The first kappa shape index (κ1) is 18.7. The van der Waals surface area contributed by atoms with Crippen LogP contribution in [0.15, 0.2) is 53.4 Å². The SMILES string of the molecule is O=C1OC(C(=O)Nc2cccc(S(=O)(=O)C3CCCC3)c2)Cc2ccccc21. The fourth-order valence-electron chi connectivity index (χ4n) is 3.84. The third-order valence-corrected chi connectivity index (χ3v) is 7.62. The van der Waals surface area contributed by atoms with Gasteiger partial charge in [-0.3, -0.25) is 4.79 Å². The summed E-state index contributed by atoms with van der Waals surface area (Å²) in [5, 5.41) is 2.33. The summed E-state index contributed by atoms with van der Waals surface area (Å²) in [6.45, 7) is 0. The van der Waals surface area contributed by atoms with Gasteiger partial charge in [0, 0.05) is 12.1 Å². The molecule has 4 rings (SSSR count). The van der Waals surface area contributed by atoms with E-state index in [1.165, 1.54) is 6.07 Å². The number of hydrogen-bond donors (Lipinski definition) is 1. The average molecular weight is 399 g/mol. The van der Waals surface area contributed by atoms with Crippen molar-refractivity contribution in [2.75, 3.05) is 5.32 Å². The Balaban J connectivity index is 1.51. The van der Waals surface area contributed by atoms with Gasteiger partial charge in [-0.25, -0.2) is 13.2 Å². The van der Waals surface area contributed by atoms with Crippen LogP contribution in [0.2, 0.25) is 0 Å². The van der Waals surface area contributed by atoms with Crippen LogP contribution in [0, 0.1) is 0 Å². The zero-order chi connectivity index (χ0) is 19.7. The standard InChI is InChI=1S/C21H21NO5S/c23-20(19-12-14-6-1-4-11-18(14)21(24)27-19)22-15-7-5-10-17(13-15)28(25,26)16-8-2-3-9-16/h1,4-7,10-11,13,16,19H,2-3,8-9,12H2,(H,22,23). The molecular weight excluding hydrogens is 378 g/mol. The van der Waals surface area contributed by atoms with Gasteiger partial charge in [0.25, 0.3) is 5.91 Å². The Bertz CT molecular complexity index is 1020. The maximum Gasteiger partial charge on any atom is 0.339 e. The quantitative estimate of drug-likeness (QED) is 0.798. The number of benzene rings is 2. The van der Waals surface area contributed by atoms with Crippen molar-refractivity contribution in [3.8, 4) is 0 Å². The molecule has 1 saturated carbocycles. The van der Waals surface area contributed by atoms with Crippen LogP contribution in [0.3, 0.4) is 0 Å². The molecule has 1 heterocycles. The Hall–Kier alpha value is -2.67. The minimum atomic E-state index is -3.41. The van der Waals surface area contributed by atoms with Crippen LogP contribution < -0.4 is 5.32 Å². The van der Waals surface area contributed by atoms with Crippen LogP contribution in [0.1, 0.15) is 41.6 Å². The lowest BCUT2D eigenvalue weighted by Gasteiger charge is -2.23. The molecule has 1 unspecified atom stereocenters. The van der Waals surface area contributed by atoms with Crippen molar-refractivity contribution in [2.24, 2.45) is 0 Å². The Morgan fingerprint density at radius 1 is 1.04 bits per heavy atom. The number of carbonyl (C=O) groups is 2. The van der Waals surface area contributed by atoms with Gasteiger partial charge in [0.1, 0.15) is 0 Å². The molecular formula is C21H21NO5S. The van der Waals surface area contributed by atoms with E-state index in [0.29, 0.717) is 24.1 Å². The Morgan fingerprint density at radius 3 is 2.57 bits per heavy atom. The van der Waals surface area contributed by atoms with Gasteiger partial charge in [-0.1, -0.05) is 37.1 Å². The van der Waals surface area contributed by atoms with Crippen molar-refractivity contribution in [1.82, 2.24) is 0 Å². The molecule has 2 aromatic carbocycles. The molecule has 1 amide bonds. The topological polar surface area (TPSA) is 89.5 Å². The number of rotatable bonds is 4. The van der Waals surface area contributed by atoms with Crippen molar-refractivity contribution in [3.05, 3.63) is 59.7 Å². The van der Waals surface area contributed by atoms with Crippen LogP contribution in [0.4, 0.5) is 5.69 Å². The van der Waals surface area contributed by atoms with Crippen molar-refractivity contribution < 1.29 is 22.7 Å². The number of fused-ring (bicyclic) bond motifs is 1. The number of ether oxygens (including phenoxy) is 1. The van der Waals surface area contributed by atoms with Gasteiger partial charge in [-0.05, 0) is 42.7 Å². The molecule has 1 aliphatic heterocycles. The van der Waals surface area contributed by atoms with Gasteiger partial charge in [0.2, 0.25) is 0 Å². The van der Waals surface area contributed by atoms with Crippen LogP contribution in [-0.2, 0) is 25.8 Å². The van der Waals surface area contributed by atoms with E-state index in [2.05, 4.69) is 5.32 Å². The van der Waals surface area contributed by atoms with Crippen LogP contribution in [0.5, 0.6) is 0 Å². The van der Waals surface area contributed by atoms with E-state index in [1.54, 1.807) is 36.4 Å². The van der Waals surface area contributed by atoms with Gasteiger partial charge < -0.3 is 10.1 Å². The van der Waals surface area contributed by atoms with Crippen molar-refractivity contribution in [3.63, 3.8) is 0 Å². The maximum atomic E-state index is 12.8. The van der Waals surface area contributed by atoms with Gasteiger partial charge in [-0.15, -0.1) is 0 Å². The lowest BCUT2D eigenvalue weighted by atomic mass is 9.98. The van der Waals surface area contributed by atoms with E-state index < -0.39 is 27.8 Å². The molecule has 0 spiro atoms. The minimum Gasteiger partial charge on any atom is -0.448 e. The predicted octanol–water partition coefficient (Wildman–Crippen LogP) is 3.12. The summed E-state index contributed by atoms with van der Waals surface area (Å²) in [5.41, 5.74) is 1.60. The molecule has 1 N–H and O–H groups in total. The number of hydrogen-bond acceptors (Lipinski definition) is 5. The van der Waals surface area contributed by atoms with Crippen molar-refractivity contribution in [2.45, 2.75) is 48.4 Å². The normalized spacial score (nSPS) is 19.7. The van der Waals surface area contributed by atoms with Crippen LogP contribution >= 0.6 is 0 Å². The zero-order valence-corrected chi connectivity index (χ0v) is 16.1. The highest BCUT2D eigenvalue weighted by Crippen LogP contribution is 2.30. The monoisotopic (exact) mass is 399 g/mol. The number of amides is 1. The third kappa shape index (κ3) is 3.54. The lowest BCUT2D eigenvalue weighted by Crippen LogP contribution is -2.38. The fraction of sp³-hybridized carbons (Fsp3) is 0.333. The highest BCUT2D eigenvalue weighted by atomic mass is 32.2. The molecule has 0 saturated heterocycles. The molecule has 146 valence electrons. The highest BCUT2D eigenvalue weighted by Gasteiger charge is 2.32. The average Bonchev–Trinajstić information content (AvgIpc) is 3.24. The molecule has 6 nitrogen and oxygen atoms in total.